The normalized spacial score (nSPS) is 11.5. The Bertz CT molecular complexity index is 1160. The van der Waals surface area contributed by atoms with Crippen LogP contribution < -0.4 is 15.6 Å². The van der Waals surface area contributed by atoms with Crippen LogP contribution in [0.3, 0.4) is 0 Å². The van der Waals surface area contributed by atoms with Crippen LogP contribution in [0, 0.1) is 6.92 Å². The number of sulfonamides is 1. The van der Waals surface area contributed by atoms with Gasteiger partial charge in [-0.15, -0.1) is 0 Å². The Morgan fingerprint density at radius 1 is 1.19 bits per heavy atom. The van der Waals surface area contributed by atoms with E-state index in [1.807, 2.05) is 0 Å². The number of H-pyrrole nitrogens is 1. The van der Waals surface area contributed by atoms with Gasteiger partial charge in [0.1, 0.15) is 0 Å². The van der Waals surface area contributed by atoms with Crippen LogP contribution in [-0.2, 0) is 17.1 Å². The van der Waals surface area contributed by atoms with Gasteiger partial charge in [-0.2, -0.15) is 0 Å². The molecule has 1 amide bonds. The van der Waals surface area contributed by atoms with E-state index in [-0.39, 0.29) is 10.9 Å². The third-order valence-electron chi connectivity index (χ3n) is 3.63. The van der Waals surface area contributed by atoms with Gasteiger partial charge in [0.25, 0.3) is 11.5 Å². The number of aromatic amines is 1. The van der Waals surface area contributed by atoms with Gasteiger partial charge in [0.2, 0.25) is 10.0 Å². The zero-order valence-electron chi connectivity index (χ0n) is 14.3. The molecule has 0 aliphatic carbocycles. The van der Waals surface area contributed by atoms with Crippen molar-refractivity contribution < 1.29 is 13.2 Å². The molecule has 0 unspecified atom stereocenters. The van der Waals surface area contributed by atoms with E-state index in [1.165, 1.54) is 16.8 Å². The van der Waals surface area contributed by atoms with Gasteiger partial charge in [-0.3, -0.25) is 24.1 Å². The summed E-state index contributed by atoms with van der Waals surface area (Å²) in [5.74, 6) is -0.457. The van der Waals surface area contributed by atoms with Crippen LogP contribution in [0.1, 0.15) is 16.1 Å². The monoisotopic (exact) mass is 375 g/mol. The second kappa shape index (κ2) is 6.30. The predicted molar refractivity (Wildman–Crippen MR) is 98.9 cm³/mol. The van der Waals surface area contributed by atoms with Crippen molar-refractivity contribution in [3.8, 4) is 0 Å². The minimum atomic E-state index is -3.37. The molecule has 3 N–H and O–H groups in total. The van der Waals surface area contributed by atoms with Crippen LogP contribution in [0.15, 0.2) is 35.1 Å². The first kappa shape index (κ1) is 17.7. The summed E-state index contributed by atoms with van der Waals surface area (Å²) in [5, 5.41) is 5.50. The maximum absolute atomic E-state index is 12.6. The SMILES string of the molecule is Cc1cc(C(=O)Nc2ccc(NS(C)(=O)=O)cc2)c2c(=O)[nH]n(C)c2n1. The lowest BCUT2D eigenvalue weighted by Crippen LogP contribution is -2.15. The minimum absolute atomic E-state index is 0.214. The molecule has 9 nitrogen and oxygen atoms in total. The summed E-state index contributed by atoms with van der Waals surface area (Å²) >= 11 is 0. The van der Waals surface area contributed by atoms with Gasteiger partial charge in [-0.05, 0) is 37.3 Å². The van der Waals surface area contributed by atoms with Gasteiger partial charge in [0.15, 0.2) is 5.65 Å². The van der Waals surface area contributed by atoms with Gasteiger partial charge >= 0.3 is 0 Å². The van der Waals surface area contributed by atoms with Crippen LogP contribution in [0.4, 0.5) is 11.4 Å². The molecule has 0 bridgehead atoms. The molecule has 0 aliphatic heterocycles. The number of carbonyl (C=O) groups excluding carboxylic acids is 1. The fraction of sp³-hybridized carbons (Fsp3) is 0.188. The molecule has 3 aromatic rings. The second-order valence-corrected chi connectivity index (χ2v) is 7.66. The fourth-order valence-corrected chi connectivity index (χ4v) is 3.16. The van der Waals surface area contributed by atoms with Gasteiger partial charge in [-0.1, -0.05) is 0 Å². The average Bonchev–Trinajstić information content (AvgIpc) is 2.81. The topological polar surface area (TPSA) is 126 Å². The summed E-state index contributed by atoms with van der Waals surface area (Å²) in [7, 11) is -1.73. The number of hydrogen-bond donors (Lipinski definition) is 3. The molecule has 3 rings (SSSR count). The molecule has 0 spiro atoms. The van der Waals surface area contributed by atoms with Crippen LogP contribution in [-0.4, -0.2) is 35.3 Å². The van der Waals surface area contributed by atoms with Crippen molar-refractivity contribution in [3.05, 3.63) is 51.9 Å². The molecule has 0 saturated heterocycles. The number of amides is 1. The van der Waals surface area contributed by atoms with Crippen molar-refractivity contribution in [1.29, 1.82) is 0 Å². The van der Waals surface area contributed by atoms with E-state index in [0.29, 0.717) is 22.7 Å². The second-order valence-electron chi connectivity index (χ2n) is 5.92. The molecule has 2 heterocycles. The van der Waals surface area contributed by atoms with Crippen molar-refractivity contribution in [2.24, 2.45) is 7.05 Å². The maximum Gasteiger partial charge on any atom is 0.274 e. The van der Waals surface area contributed by atoms with Crippen molar-refractivity contribution >= 4 is 38.3 Å². The first-order valence-corrected chi connectivity index (χ1v) is 9.49. The number of fused-ring (bicyclic) bond motifs is 1. The number of rotatable bonds is 4. The van der Waals surface area contributed by atoms with E-state index in [0.717, 1.165) is 6.26 Å². The molecule has 26 heavy (non-hydrogen) atoms. The van der Waals surface area contributed by atoms with Crippen LogP contribution in [0.2, 0.25) is 0 Å². The third-order valence-corrected chi connectivity index (χ3v) is 4.24. The van der Waals surface area contributed by atoms with E-state index in [4.69, 9.17) is 0 Å². The van der Waals surface area contributed by atoms with Crippen molar-refractivity contribution in [1.82, 2.24) is 14.8 Å². The Kier molecular flexibility index (Phi) is 4.28. The molecular formula is C16H17N5O4S. The number of nitrogens with zero attached hydrogens (tertiary/aromatic N) is 2. The number of aromatic nitrogens is 3. The molecule has 0 atom stereocenters. The summed E-state index contributed by atoms with van der Waals surface area (Å²) in [5.41, 5.74) is 1.66. The highest BCUT2D eigenvalue weighted by atomic mass is 32.2. The van der Waals surface area contributed by atoms with Crippen LogP contribution >= 0.6 is 0 Å². The van der Waals surface area contributed by atoms with Crippen molar-refractivity contribution in [3.63, 3.8) is 0 Å². The molecule has 1 aromatic carbocycles. The minimum Gasteiger partial charge on any atom is -0.322 e. The zero-order chi connectivity index (χ0) is 19.1. The molecule has 0 radical (unpaired) electrons. The third kappa shape index (κ3) is 3.59. The van der Waals surface area contributed by atoms with E-state index in [9.17, 15) is 18.0 Å². The molecule has 0 saturated carbocycles. The molecule has 2 aromatic heterocycles. The van der Waals surface area contributed by atoms with E-state index in [2.05, 4.69) is 20.1 Å². The molecule has 0 aliphatic rings. The Balaban J connectivity index is 1.91. The number of nitrogens with one attached hydrogen (secondary N) is 3. The van der Waals surface area contributed by atoms with Gasteiger partial charge < -0.3 is 5.32 Å². The molecule has 10 heteroatoms. The highest BCUT2D eigenvalue weighted by Crippen LogP contribution is 2.18. The Labute approximate surface area is 149 Å². The zero-order valence-corrected chi connectivity index (χ0v) is 15.1. The molecule has 0 fully saturated rings. The number of hydrogen-bond acceptors (Lipinski definition) is 5. The first-order chi connectivity index (χ1) is 12.1. The Hall–Kier alpha value is -3.14. The summed E-state index contributed by atoms with van der Waals surface area (Å²) in [4.78, 5) is 29.0. The summed E-state index contributed by atoms with van der Waals surface area (Å²) in [6, 6.07) is 7.73. The Morgan fingerprint density at radius 3 is 2.42 bits per heavy atom. The first-order valence-electron chi connectivity index (χ1n) is 7.59. The fourth-order valence-electron chi connectivity index (χ4n) is 2.60. The Morgan fingerprint density at radius 2 is 1.81 bits per heavy atom. The quantitative estimate of drug-likeness (QED) is 0.631. The highest BCUT2D eigenvalue weighted by Gasteiger charge is 2.18. The van der Waals surface area contributed by atoms with Gasteiger partial charge in [-0.25, -0.2) is 13.4 Å². The van der Waals surface area contributed by atoms with Crippen LogP contribution in [0.5, 0.6) is 0 Å². The predicted octanol–water partition coefficient (Wildman–Crippen LogP) is 1.19. The highest BCUT2D eigenvalue weighted by molar-refractivity contribution is 7.92. The average molecular weight is 375 g/mol. The van der Waals surface area contributed by atoms with E-state index in [1.54, 1.807) is 32.2 Å². The van der Waals surface area contributed by atoms with Gasteiger partial charge in [0, 0.05) is 24.1 Å². The van der Waals surface area contributed by atoms with Gasteiger partial charge in [0.05, 0.1) is 17.2 Å². The molecular weight excluding hydrogens is 358 g/mol. The smallest absolute Gasteiger partial charge is 0.274 e. The summed E-state index contributed by atoms with van der Waals surface area (Å²) in [6.45, 7) is 1.74. The summed E-state index contributed by atoms with van der Waals surface area (Å²) < 4.78 is 26.2. The number of pyridine rings is 1. The van der Waals surface area contributed by atoms with Crippen molar-refractivity contribution in [2.45, 2.75) is 6.92 Å². The van der Waals surface area contributed by atoms with E-state index < -0.39 is 21.5 Å². The number of anilines is 2. The number of carbonyl (C=O) groups is 1. The number of aryl methyl sites for hydroxylation is 2. The lowest BCUT2D eigenvalue weighted by atomic mass is 10.1. The summed E-state index contributed by atoms with van der Waals surface area (Å²) in [6.07, 6.45) is 1.05. The lowest BCUT2D eigenvalue weighted by molar-refractivity contribution is 0.102. The lowest BCUT2D eigenvalue weighted by Gasteiger charge is -2.08. The largest absolute Gasteiger partial charge is 0.322 e. The van der Waals surface area contributed by atoms with Crippen molar-refractivity contribution in [2.75, 3.05) is 16.3 Å². The number of benzene rings is 1. The standard InChI is InChI=1S/C16H17N5O4S/c1-9-8-12(13-14(17-9)21(2)19-16(13)23)15(22)18-10-4-6-11(7-5-10)20-26(3,24)25/h4-8,20H,1-3H3,(H,18,22)(H,19,23). The molecule has 136 valence electrons. The van der Waals surface area contributed by atoms with Crippen LogP contribution in [0.25, 0.3) is 11.0 Å². The maximum atomic E-state index is 12.6. The van der Waals surface area contributed by atoms with E-state index >= 15 is 0 Å².